The van der Waals surface area contributed by atoms with E-state index in [1.54, 1.807) is 42.5 Å². The molecule has 0 bridgehead atoms. The maximum atomic E-state index is 13.0. The van der Waals surface area contributed by atoms with Gasteiger partial charge >= 0.3 is 6.03 Å². The van der Waals surface area contributed by atoms with Gasteiger partial charge in [-0.2, -0.15) is 11.3 Å². The molecule has 0 unspecified atom stereocenters. The second-order valence-corrected chi connectivity index (χ2v) is 8.13. The minimum Gasteiger partial charge on any atom is -0.319 e. The number of hydrogen-bond donors (Lipinski definition) is 1. The van der Waals surface area contributed by atoms with Gasteiger partial charge in [0.15, 0.2) is 0 Å². The van der Waals surface area contributed by atoms with Crippen molar-refractivity contribution in [2.45, 2.75) is 19.0 Å². The highest BCUT2D eigenvalue weighted by atomic mass is 35.5. The minimum absolute atomic E-state index is 0.130. The van der Waals surface area contributed by atoms with E-state index in [0.29, 0.717) is 16.3 Å². The van der Waals surface area contributed by atoms with Crippen LogP contribution in [-0.2, 0) is 16.9 Å². The second-order valence-electron chi connectivity index (χ2n) is 6.08. The summed E-state index contributed by atoms with van der Waals surface area (Å²) in [7, 11) is 0. The Morgan fingerprint density at radius 2 is 2.04 bits per heavy atom. The number of rotatable bonds is 4. The molecule has 4 rings (SSSR count). The van der Waals surface area contributed by atoms with Crippen molar-refractivity contribution in [1.82, 2.24) is 15.2 Å². The molecule has 5 nitrogen and oxygen atoms in total. The second kappa shape index (κ2) is 6.50. The predicted octanol–water partition coefficient (Wildman–Crippen LogP) is 4.49. The van der Waals surface area contributed by atoms with Crippen molar-refractivity contribution < 1.29 is 9.59 Å². The summed E-state index contributed by atoms with van der Waals surface area (Å²) < 4.78 is 0. The first-order valence-corrected chi connectivity index (χ1v) is 10.0. The number of thiazole rings is 1. The van der Waals surface area contributed by atoms with E-state index < -0.39 is 11.6 Å². The summed E-state index contributed by atoms with van der Waals surface area (Å²) >= 11 is 9.34. The van der Waals surface area contributed by atoms with Gasteiger partial charge in [-0.3, -0.25) is 9.69 Å². The third kappa shape index (κ3) is 2.82. The third-order valence-electron chi connectivity index (χ3n) is 4.33. The molecular weight excluding hydrogens is 390 g/mol. The molecule has 1 aliphatic rings. The van der Waals surface area contributed by atoms with Crippen LogP contribution in [0.15, 0.2) is 46.5 Å². The fraction of sp³-hybridized carbons (Fsp3) is 0.167. The first-order chi connectivity index (χ1) is 12.5. The van der Waals surface area contributed by atoms with Crippen LogP contribution in [0.5, 0.6) is 0 Å². The van der Waals surface area contributed by atoms with Crippen molar-refractivity contribution in [1.29, 1.82) is 0 Å². The van der Waals surface area contributed by atoms with Crippen LogP contribution in [0, 0.1) is 0 Å². The molecule has 26 heavy (non-hydrogen) atoms. The van der Waals surface area contributed by atoms with Crippen LogP contribution < -0.4 is 5.32 Å². The van der Waals surface area contributed by atoms with Gasteiger partial charge in [-0.1, -0.05) is 29.8 Å². The highest BCUT2D eigenvalue weighted by Gasteiger charge is 2.49. The fourth-order valence-electron chi connectivity index (χ4n) is 2.95. The lowest BCUT2D eigenvalue weighted by molar-refractivity contribution is -0.131. The van der Waals surface area contributed by atoms with Gasteiger partial charge < -0.3 is 5.32 Å². The van der Waals surface area contributed by atoms with Gasteiger partial charge in [0.05, 0.1) is 12.2 Å². The Morgan fingerprint density at radius 3 is 2.77 bits per heavy atom. The van der Waals surface area contributed by atoms with Gasteiger partial charge in [0, 0.05) is 26.9 Å². The van der Waals surface area contributed by atoms with E-state index in [0.717, 1.165) is 10.6 Å². The number of carbonyl (C=O) groups is 2. The van der Waals surface area contributed by atoms with Crippen molar-refractivity contribution in [3.05, 3.63) is 62.8 Å². The summed E-state index contributed by atoms with van der Waals surface area (Å²) in [6.45, 7) is 1.80. The highest BCUT2D eigenvalue weighted by molar-refractivity contribution is 7.14. The van der Waals surface area contributed by atoms with Crippen molar-refractivity contribution in [3.8, 4) is 10.6 Å². The first-order valence-electron chi connectivity index (χ1n) is 7.85. The molecule has 0 saturated carbocycles. The van der Waals surface area contributed by atoms with Crippen molar-refractivity contribution in [2.24, 2.45) is 0 Å². The molecule has 1 N–H and O–H groups in total. The summed E-state index contributed by atoms with van der Waals surface area (Å²) in [4.78, 5) is 31.2. The SMILES string of the molecule is C[C@]1(c2ccccc2Cl)NC(=O)N(Cc2csc(-c3ccsc3)n2)C1=O. The molecule has 2 aromatic heterocycles. The average Bonchev–Trinajstić information content (AvgIpc) is 3.33. The quantitative estimate of drug-likeness (QED) is 0.652. The van der Waals surface area contributed by atoms with E-state index in [1.807, 2.05) is 22.2 Å². The summed E-state index contributed by atoms with van der Waals surface area (Å²) in [6.07, 6.45) is 0. The van der Waals surface area contributed by atoms with E-state index in [2.05, 4.69) is 10.3 Å². The highest BCUT2D eigenvalue weighted by Crippen LogP contribution is 2.34. The number of imide groups is 1. The molecule has 1 fully saturated rings. The Labute approximate surface area is 163 Å². The summed E-state index contributed by atoms with van der Waals surface area (Å²) in [6, 6.07) is 8.59. The molecule has 3 aromatic rings. The van der Waals surface area contributed by atoms with Gasteiger partial charge in [-0.05, 0) is 24.4 Å². The molecule has 1 aromatic carbocycles. The standard InChI is InChI=1S/C18H14ClN3O2S2/c1-18(13-4-2-3-5-14(13)19)16(23)22(17(24)21-18)8-12-10-26-15(20-12)11-6-7-25-9-11/h2-7,9-10H,8H2,1H3,(H,21,24)/t18-/m1/s1. The van der Waals surface area contributed by atoms with Crippen LogP contribution in [0.3, 0.4) is 0 Å². The number of carbonyl (C=O) groups excluding carboxylic acids is 2. The van der Waals surface area contributed by atoms with E-state index in [4.69, 9.17) is 11.6 Å². The van der Waals surface area contributed by atoms with E-state index in [9.17, 15) is 9.59 Å². The van der Waals surface area contributed by atoms with Crippen LogP contribution in [0.4, 0.5) is 4.79 Å². The minimum atomic E-state index is -1.18. The molecule has 3 heterocycles. The van der Waals surface area contributed by atoms with Gasteiger partial charge in [0.2, 0.25) is 0 Å². The number of nitrogens with zero attached hydrogens (tertiary/aromatic N) is 2. The largest absolute Gasteiger partial charge is 0.325 e. The van der Waals surface area contributed by atoms with Crippen LogP contribution in [-0.4, -0.2) is 21.8 Å². The molecule has 0 radical (unpaired) electrons. The van der Waals surface area contributed by atoms with Gasteiger partial charge in [0.25, 0.3) is 5.91 Å². The Kier molecular flexibility index (Phi) is 4.30. The van der Waals surface area contributed by atoms with Crippen LogP contribution in [0.1, 0.15) is 18.2 Å². The van der Waals surface area contributed by atoms with E-state index in [1.165, 1.54) is 16.2 Å². The van der Waals surface area contributed by atoms with E-state index >= 15 is 0 Å². The van der Waals surface area contributed by atoms with Crippen LogP contribution in [0.2, 0.25) is 5.02 Å². The molecule has 1 saturated heterocycles. The molecule has 8 heteroatoms. The fourth-order valence-corrected chi connectivity index (χ4v) is 4.80. The van der Waals surface area contributed by atoms with Crippen molar-refractivity contribution in [2.75, 3.05) is 0 Å². The number of halogens is 1. The van der Waals surface area contributed by atoms with Gasteiger partial charge in [-0.25, -0.2) is 9.78 Å². The predicted molar refractivity (Wildman–Crippen MR) is 103 cm³/mol. The third-order valence-corrected chi connectivity index (χ3v) is 6.28. The Morgan fingerprint density at radius 1 is 1.23 bits per heavy atom. The zero-order valence-corrected chi connectivity index (χ0v) is 16.1. The first kappa shape index (κ1) is 17.2. The number of urea groups is 1. The number of aromatic nitrogens is 1. The maximum absolute atomic E-state index is 13.0. The number of hydrogen-bond acceptors (Lipinski definition) is 5. The molecule has 132 valence electrons. The number of nitrogens with one attached hydrogen (secondary N) is 1. The summed E-state index contributed by atoms with van der Waals surface area (Å²) in [5.74, 6) is -0.333. The number of benzene rings is 1. The zero-order chi connectivity index (χ0) is 18.3. The normalized spacial score (nSPS) is 19.8. The topological polar surface area (TPSA) is 62.3 Å². The lowest BCUT2D eigenvalue weighted by Gasteiger charge is -2.23. The van der Waals surface area contributed by atoms with Gasteiger partial charge in [-0.15, -0.1) is 11.3 Å². The number of thiophene rings is 1. The zero-order valence-electron chi connectivity index (χ0n) is 13.7. The molecule has 0 aliphatic carbocycles. The Hall–Kier alpha value is -2.22. The smallest absolute Gasteiger partial charge is 0.319 e. The molecule has 3 amide bonds. The Bertz CT molecular complexity index is 986. The van der Waals surface area contributed by atoms with Crippen LogP contribution in [0.25, 0.3) is 10.6 Å². The molecule has 0 spiro atoms. The van der Waals surface area contributed by atoms with Gasteiger partial charge in [0.1, 0.15) is 10.5 Å². The monoisotopic (exact) mass is 403 g/mol. The van der Waals surface area contributed by atoms with Crippen molar-refractivity contribution >= 4 is 46.2 Å². The lowest BCUT2D eigenvalue weighted by Crippen LogP contribution is -2.41. The summed E-state index contributed by atoms with van der Waals surface area (Å²) in [5, 5.41) is 9.97. The Balaban J connectivity index is 1.60. The molecular formula is C18H14ClN3O2S2. The number of amides is 3. The van der Waals surface area contributed by atoms with E-state index in [-0.39, 0.29) is 12.5 Å². The lowest BCUT2D eigenvalue weighted by atomic mass is 9.92. The van der Waals surface area contributed by atoms with Crippen molar-refractivity contribution in [3.63, 3.8) is 0 Å². The molecule has 1 aliphatic heterocycles. The van der Waals surface area contributed by atoms with Crippen LogP contribution >= 0.6 is 34.3 Å². The summed E-state index contributed by atoms with van der Waals surface area (Å²) in [5.41, 5.74) is 1.13. The molecule has 1 atom stereocenters. The average molecular weight is 404 g/mol. The maximum Gasteiger partial charge on any atom is 0.325 e.